The fraction of sp³-hybridized carbons (Fsp3) is 0.562. The molecule has 2 saturated carbocycles. The van der Waals surface area contributed by atoms with Crippen LogP contribution in [0.2, 0.25) is 0 Å². The van der Waals surface area contributed by atoms with Crippen molar-refractivity contribution in [3.8, 4) is 11.8 Å². The molecule has 1 unspecified atom stereocenters. The van der Waals surface area contributed by atoms with E-state index in [9.17, 15) is 23.2 Å². The minimum Gasteiger partial charge on any atom is -0.374 e. The number of carbonyl (C=O) groups is 3. The summed E-state index contributed by atoms with van der Waals surface area (Å²) in [5, 5.41) is 19.7. The average Bonchev–Trinajstić information content (AvgIpc) is 3.74. The molecule has 2 N–H and O–H groups in total. The Morgan fingerprint density at radius 1 is 1.03 bits per heavy atom. The monoisotopic (exact) mass is 903 g/mol. The number of hydrogen-bond acceptors (Lipinski definition) is 11. The van der Waals surface area contributed by atoms with E-state index < -0.39 is 23.9 Å². The van der Waals surface area contributed by atoms with Gasteiger partial charge in [0.15, 0.2) is 11.3 Å². The topological polar surface area (TPSA) is 166 Å². The summed E-state index contributed by atoms with van der Waals surface area (Å²) in [6.07, 6.45) is 11.6. The number of aromatic nitrogens is 7. The predicted octanol–water partition coefficient (Wildman–Crippen LogP) is 6.20. The van der Waals surface area contributed by atoms with Crippen LogP contribution in [0, 0.1) is 23.7 Å². The number of fused-ring (bicyclic) bond motifs is 4. The third-order valence-corrected chi connectivity index (χ3v) is 14.9. The van der Waals surface area contributed by atoms with Gasteiger partial charge < -0.3 is 24.6 Å². The molecule has 4 aliphatic heterocycles. The molecule has 6 aliphatic rings. The second-order valence-electron chi connectivity index (χ2n) is 19.2. The van der Waals surface area contributed by atoms with Gasteiger partial charge in [0.25, 0.3) is 12.3 Å². The molecule has 4 atom stereocenters. The van der Waals surface area contributed by atoms with E-state index in [1.165, 1.54) is 10.7 Å². The number of morpholine rings is 1. The van der Waals surface area contributed by atoms with Crippen LogP contribution in [0.15, 0.2) is 42.9 Å². The van der Waals surface area contributed by atoms with Crippen molar-refractivity contribution in [2.75, 3.05) is 49.6 Å². The highest BCUT2D eigenvalue weighted by molar-refractivity contribution is 6.08. The second-order valence-corrected chi connectivity index (χ2v) is 19.2. The Morgan fingerprint density at radius 3 is 2.61 bits per heavy atom. The molecule has 16 nitrogen and oxygen atoms in total. The van der Waals surface area contributed by atoms with E-state index in [0.717, 1.165) is 106 Å². The number of nitrogens with one attached hydrogen (secondary N) is 2. The number of benzene rings is 1. The normalized spacial score (nSPS) is 25.5. The highest BCUT2D eigenvalue weighted by Gasteiger charge is 2.40. The van der Waals surface area contributed by atoms with Gasteiger partial charge in [0.05, 0.1) is 71.5 Å². The number of imide groups is 1. The zero-order chi connectivity index (χ0) is 45.1. The van der Waals surface area contributed by atoms with E-state index in [1.54, 1.807) is 17.1 Å². The van der Waals surface area contributed by atoms with Gasteiger partial charge >= 0.3 is 0 Å². The van der Waals surface area contributed by atoms with Crippen molar-refractivity contribution in [1.82, 2.24) is 44.4 Å². The summed E-state index contributed by atoms with van der Waals surface area (Å²) in [6, 6.07) is 8.23. The minimum atomic E-state index is -2.86. The molecule has 5 aromatic rings. The third kappa shape index (κ3) is 8.45. The quantitative estimate of drug-likeness (QED) is 0.108. The predicted molar refractivity (Wildman–Crippen MR) is 239 cm³/mol. The molecular weight excluding hydrogens is 849 g/mol. The molecule has 8 heterocycles. The molecule has 6 fully saturated rings. The van der Waals surface area contributed by atoms with E-state index in [4.69, 9.17) is 19.6 Å². The van der Waals surface area contributed by atoms with Gasteiger partial charge in [0.2, 0.25) is 11.8 Å². The lowest BCUT2D eigenvalue weighted by molar-refractivity contribution is -0.134. The van der Waals surface area contributed by atoms with Crippen LogP contribution in [-0.4, -0.2) is 114 Å². The summed E-state index contributed by atoms with van der Waals surface area (Å²) in [6.45, 7) is 6.76. The number of para-hydroxylation sites is 1. The number of likely N-dealkylation sites (tertiary alicyclic amines) is 1. The van der Waals surface area contributed by atoms with E-state index in [2.05, 4.69) is 54.1 Å². The maximum atomic E-state index is 14.3. The van der Waals surface area contributed by atoms with Crippen LogP contribution in [0.1, 0.15) is 129 Å². The van der Waals surface area contributed by atoms with Crippen molar-refractivity contribution in [3.63, 3.8) is 0 Å². The van der Waals surface area contributed by atoms with Crippen molar-refractivity contribution < 1.29 is 32.6 Å². The Hall–Kier alpha value is -5.77. The number of hydrogen-bond donors (Lipinski definition) is 2. The van der Waals surface area contributed by atoms with Crippen LogP contribution in [0.4, 0.5) is 20.3 Å². The van der Waals surface area contributed by atoms with E-state index in [1.807, 2.05) is 24.3 Å². The number of carbonyl (C=O) groups excluding carboxylic acids is 3. The molecule has 346 valence electrons. The zero-order valence-electron chi connectivity index (χ0n) is 37.1. The fourth-order valence-corrected chi connectivity index (χ4v) is 11.0. The number of ether oxygens (including phenoxy) is 2. The Bertz CT molecular complexity index is 2720. The summed E-state index contributed by atoms with van der Waals surface area (Å²) >= 11 is 0. The molecule has 0 radical (unpaired) electrons. The molecule has 3 amide bonds. The molecule has 66 heavy (non-hydrogen) atoms. The summed E-state index contributed by atoms with van der Waals surface area (Å²) in [7, 11) is 0. The summed E-state index contributed by atoms with van der Waals surface area (Å²) in [5.74, 6) is 6.86. The van der Waals surface area contributed by atoms with Gasteiger partial charge in [-0.1, -0.05) is 24.0 Å². The SMILES string of the molecule is C[C@H](C1CC1)n1nc(C2CCC(=O)NC2=O)c2cccc(C#CCOC3CCN(CC4CCC(n5cc(NC(=O)c6cnn7ccc(N8C[C@H]9C[C@@H]8CO9)nc67)c(C(F)F)n5)CC4)CC3)c21. The van der Waals surface area contributed by atoms with Gasteiger partial charge in [0.1, 0.15) is 18.0 Å². The van der Waals surface area contributed by atoms with Crippen LogP contribution in [0.3, 0.4) is 0 Å². The van der Waals surface area contributed by atoms with Crippen LogP contribution >= 0.6 is 0 Å². The molecule has 1 aromatic carbocycles. The van der Waals surface area contributed by atoms with Crippen molar-refractivity contribution in [2.24, 2.45) is 11.8 Å². The number of amides is 3. The maximum absolute atomic E-state index is 14.3. The van der Waals surface area contributed by atoms with E-state index >= 15 is 0 Å². The highest BCUT2D eigenvalue weighted by atomic mass is 19.3. The zero-order valence-corrected chi connectivity index (χ0v) is 37.1. The van der Waals surface area contributed by atoms with Crippen LogP contribution < -0.4 is 15.5 Å². The van der Waals surface area contributed by atoms with Gasteiger partial charge in [-0.15, -0.1) is 0 Å². The first-order valence-electron chi connectivity index (χ1n) is 23.7. The molecule has 0 spiro atoms. The number of piperidine rings is 2. The Labute approximate surface area is 380 Å². The Morgan fingerprint density at radius 2 is 1.86 bits per heavy atom. The van der Waals surface area contributed by atoms with Crippen LogP contribution in [0.25, 0.3) is 16.6 Å². The standard InChI is InChI=1S/C48H55F2N11O5/c1-28(30-9-10-30)61-44-31(4-2-6-36(44)42(56-61)37-13-14-41(62)54-47(37)63)5-3-21-65-34-15-18-57(19-16-34)24-29-7-11-32(12-8-29)60-26-39(43(55-60)45(49)50)52-48(64)38-23-51-59-20-17-40(53-46(38)59)58-25-35-22-33(58)27-66-35/h2,4,6,17,20,23,26,28-30,32-35,37,45H,7-16,18-19,21-22,24-25,27H2,1H3,(H,52,64)(H,54,62,63)/t28-,29?,32?,33-,35-,37?/m1/s1. The van der Waals surface area contributed by atoms with Crippen molar-refractivity contribution >= 4 is 45.8 Å². The molecule has 2 aliphatic carbocycles. The minimum absolute atomic E-state index is 0.00152. The summed E-state index contributed by atoms with van der Waals surface area (Å²) in [4.78, 5) is 47.8. The molecule has 4 aromatic heterocycles. The van der Waals surface area contributed by atoms with Crippen LogP contribution in [-0.2, 0) is 19.1 Å². The average molecular weight is 904 g/mol. The molecule has 18 heteroatoms. The molecule has 11 rings (SSSR count). The lowest BCUT2D eigenvalue weighted by Gasteiger charge is -2.36. The number of halogens is 2. The third-order valence-electron chi connectivity index (χ3n) is 14.9. The van der Waals surface area contributed by atoms with Crippen LogP contribution in [0.5, 0.6) is 0 Å². The molecular formula is C48H55F2N11O5. The van der Waals surface area contributed by atoms with Gasteiger partial charge in [-0.05, 0) is 95.1 Å². The lowest BCUT2D eigenvalue weighted by Crippen LogP contribution is -2.40. The maximum Gasteiger partial charge on any atom is 0.284 e. The van der Waals surface area contributed by atoms with Gasteiger partial charge in [-0.3, -0.25) is 29.1 Å². The first-order valence-corrected chi connectivity index (χ1v) is 23.7. The number of nitrogens with zero attached hydrogens (tertiary/aromatic N) is 9. The van der Waals surface area contributed by atoms with Crippen molar-refractivity contribution in [2.45, 2.75) is 120 Å². The fourth-order valence-electron chi connectivity index (χ4n) is 11.0. The van der Waals surface area contributed by atoms with Gasteiger partial charge in [-0.25, -0.2) is 18.3 Å². The number of rotatable bonds is 12. The largest absolute Gasteiger partial charge is 0.374 e. The lowest BCUT2D eigenvalue weighted by atomic mass is 9.85. The Kier molecular flexibility index (Phi) is 11.6. The first kappa shape index (κ1) is 42.8. The highest BCUT2D eigenvalue weighted by Crippen LogP contribution is 2.43. The Balaban J connectivity index is 0.665. The molecule has 2 bridgehead atoms. The van der Waals surface area contributed by atoms with E-state index in [0.29, 0.717) is 49.2 Å². The second kappa shape index (κ2) is 17.8. The summed E-state index contributed by atoms with van der Waals surface area (Å²) in [5.41, 5.74) is 2.64. The van der Waals surface area contributed by atoms with Crippen molar-refractivity contribution in [1.29, 1.82) is 0 Å². The number of alkyl halides is 2. The van der Waals surface area contributed by atoms with Crippen molar-refractivity contribution in [3.05, 3.63) is 65.4 Å². The summed E-state index contributed by atoms with van der Waals surface area (Å²) < 4.78 is 45.9. The molecule has 4 saturated heterocycles. The van der Waals surface area contributed by atoms with E-state index in [-0.39, 0.29) is 53.4 Å². The smallest absolute Gasteiger partial charge is 0.284 e. The first-order chi connectivity index (χ1) is 32.1. The van der Waals surface area contributed by atoms with Gasteiger partial charge in [-0.2, -0.15) is 15.3 Å². The number of anilines is 2. The van der Waals surface area contributed by atoms with Gasteiger partial charge in [0, 0.05) is 50.4 Å².